The lowest BCUT2D eigenvalue weighted by atomic mass is 9.84. The largest absolute Gasteiger partial charge is 0.327 e. The summed E-state index contributed by atoms with van der Waals surface area (Å²) in [5.41, 5.74) is 6.74. The monoisotopic (exact) mass is 277 g/mol. The normalized spacial score (nSPS) is 25.4. The van der Waals surface area contributed by atoms with Crippen molar-refractivity contribution in [2.45, 2.75) is 39.2 Å². The van der Waals surface area contributed by atoms with Gasteiger partial charge in [0.15, 0.2) is 0 Å². The molecule has 3 N–H and O–H groups in total. The van der Waals surface area contributed by atoms with E-state index >= 15 is 0 Å². The van der Waals surface area contributed by atoms with Crippen LogP contribution in [0.2, 0.25) is 0 Å². The molecule has 0 spiro atoms. The Hall–Kier alpha value is -1.95. The molecule has 1 fully saturated rings. The van der Waals surface area contributed by atoms with Crippen molar-refractivity contribution in [2.75, 3.05) is 5.32 Å². The van der Waals surface area contributed by atoms with Crippen molar-refractivity contribution >= 4 is 17.3 Å². The van der Waals surface area contributed by atoms with E-state index in [2.05, 4.69) is 5.32 Å². The van der Waals surface area contributed by atoms with E-state index in [9.17, 15) is 14.9 Å². The quantitative estimate of drug-likeness (QED) is 0.654. The zero-order valence-corrected chi connectivity index (χ0v) is 11.7. The van der Waals surface area contributed by atoms with Crippen molar-refractivity contribution in [3.8, 4) is 0 Å². The summed E-state index contributed by atoms with van der Waals surface area (Å²) in [6.07, 6.45) is 2.57. The molecule has 1 amide bonds. The van der Waals surface area contributed by atoms with Gasteiger partial charge in [0.2, 0.25) is 5.91 Å². The molecule has 6 heteroatoms. The number of carbonyl (C=O) groups excluding carboxylic acids is 1. The highest BCUT2D eigenvalue weighted by atomic mass is 16.6. The van der Waals surface area contributed by atoms with Crippen LogP contribution >= 0.6 is 0 Å². The number of carbonyl (C=O) groups is 1. The molecule has 0 aromatic heterocycles. The average Bonchev–Trinajstić information content (AvgIpc) is 2.73. The second-order valence-corrected chi connectivity index (χ2v) is 5.63. The van der Waals surface area contributed by atoms with Gasteiger partial charge in [-0.3, -0.25) is 14.9 Å². The van der Waals surface area contributed by atoms with Crippen LogP contribution < -0.4 is 11.1 Å². The third-order valence-corrected chi connectivity index (χ3v) is 4.22. The minimum atomic E-state index is -0.561. The SMILES string of the molecule is Cc1cc([N+](=O)[O-])ccc1NC(=O)C1(C)CCCC1N. The highest BCUT2D eigenvalue weighted by Crippen LogP contribution is 2.38. The van der Waals surface area contributed by atoms with E-state index in [1.54, 1.807) is 13.0 Å². The summed E-state index contributed by atoms with van der Waals surface area (Å²) >= 11 is 0. The lowest BCUT2D eigenvalue weighted by molar-refractivity contribution is -0.384. The Morgan fingerprint density at radius 3 is 2.75 bits per heavy atom. The van der Waals surface area contributed by atoms with Gasteiger partial charge in [0, 0.05) is 23.9 Å². The molecule has 1 aromatic rings. The van der Waals surface area contributed by atoms with Gasteiger partial charge >= 0.3 is 0 Å². The maximum atomic E-state index is 12.4. The second-order valence-electron chi connectivity index (χ2n) is 5.63. The molecular formula is C14H19N3O3. The minimum absolute atomic E-state index is 0.0179. The number of aryl methyl sites for hydroxylation is 1. The van der Waals surface area contributed by atoms with Gasteiger partial charge in [-0.2, -0.15) is 0 Å². The number of nitrogens with zero attached hydrogens (tertiary/aromatic N) is 1. The van der Waals surface area contributed by atoms with Gasteiger partial charge in [-0.15, -0.1) is 0 Å². The fraction of sp³-hybridized carbons (Fsp3) is 0.500. The molecule has 1 aromatic carbocycles. The Labute approximate surface area is 117 Å². The summed E-state index contributed by atoms with van der Waals surface area (Å²) < 4.78 is 0. The lowest BCUT2D eigenvalue weighted by Gasteiger charge is -2.27. The van der Waals surface area contributed by atoms with Gasteiger partial charge in [-0.1, -0.05) is 6.42 Å². The number of nitrogens with one attached hydrogen (secondary N) is 1. The number of nitrogens with two attached hydrogens (primary N) is 1. The first-order valence-electron chi connectivity index (χ1n) is 6.66. The van der Waals surface area contributed by atoms with Crippen LogP contribution in [0.5, 0.6) is 0 Å². The first-order valence-corrected chi connectivity index (χ1v) is 6.66. The Morgan fingerprint density at radius 2 is 2.25 bits per heavy atom. The Bertz CT molecular complexity index is 559. The van der Waals surface area contributed by atoms with E-state index in [-0.39, 0.29) is 17.6 Å². The van der Waals surface area contributed by atoms with Crippen molar-refractivity contribution in [1.82, 2.24) is 0 Å². The molecule has 1 aliphatic carbocycles. The highest BCUT2D eigenvalue weighted by Gasteiger charge is 2.43. The van der Waals surface area contributed by atoms with Crippen molar-refractivity contribution < 1.29 is 9.72 Å². The van der Waals surface area contributed by atoms with E-state index in [0.717, 1.165) is 19.3 Å². The van der Waals surface area contributed by atoms with Gasteiger partial charge < -0.3 is 11.1 Å². The van der Waals surface area contributed by atoms with Gasteiger partial charge in [0.1, 0.15) is 0 Å². The molecule has 2 atom stereocenters. The van der Waals surface area contributed by atoms with Crippen molar-refractivity contribution in [3.05, 3.63) is 33.9 Å². The number of anilines is 1. The number of nitro benzene ring substituents is 1. The van der Waals surface area contributed by atoms with Crippen LogP contribution in [0.25, 0.3) is 0 Å². The standard InChI is InChI=1S/C14H19N3O3/c1-9-8-10(17(19)20)5-6-11(9)16-13(18)14(2)7-3-4-12(14)15/h5-6,8,12H,3-4,7,15H2,1-2H3,(H,16,18). The number of hydrogen-bond donors (Lipinski definition) is 2. The molecule has 1 saturated carbocycles. The molecule has 1 aliphatic rings. The summed E-state index contributed by atoms with van der Waals surface area (Å²) in [6, 6.07) is 4.27. The number of rotatable bonds is 3. The zero-order chi connectivity index (χ0) is 14.9. The fourth-order valence-corrected chi connectivity index (χ4v) is 2.64. The van der Waals surface area contributed by atoms with Gasteiger partial charge in [0.05, 0.1) is 10.3 Å². The molecule has 0 saturated heterocycles. The molecule has 20 heavy (non-hydrogen) atoms. The summed E-state index contributed by atoms with van der Waals surface area (Å²) in [5, 5.41) is 13.5. The number of amides is 1. The van der Waals surface area contributed by atoms with Gasteiger partial charge in [0.25, 0.3) is 5.69 Å². The molecule has 0 aliphatic heterocycles. The molecule has 2 unspecified atom stereocenters. The van der Waals surface area contributed by atoms with Crippen molar-refractivity contribution in [1.29, 1.82) is 0 Å². The summed E-state index contributed by atoms with van der Waals surface area (Å²) in [6.45, 7) is 3.61. The van der Waals surface area contributed by atoms with E-state index in [1.165, 1.54) is 12.1 Å². The first kappa shape index (κ1) is 14.5. The number of benzene rings is 1. The summed E-state index contributed by atoms with van der Waals surface area (Å²) in [4.78, 5) is 22.6. The number of non-ortho nitro benzene ring substituents is 1. The zero-order valence-electron chi connectivity index (χ0n) is 11.7. The van der Waals surface area contributed by atoms with Crippen LogP contribution in [0.15, 0.2) is 18.2 Å². The topological polar surface area (TPSA) is 98.3 Å². The van der Waals surface area contributed by atoms with Crippen LogP contribution in [0.1, 0.15) is 31.7 Å². The molecule has 6 nitrogen and oxygen atoms in total. The molecular weight excluding hydrogens is 258 g/mol. The highest BCUT2D eigenvalue weighted by molar-refractivity contribution is 5.96. The third-order valence-electron chi connectivity index (χ3n) is 4.22. The predicted molar refractivity (Wildman–Crippen MR) is 76.4 cm³/mol. The first-order chi connectivity index (χ1) is 9.34. The molecule has 108 valence electrons. The van der Waals surface area contributed by atoms with Crippen LogP contribution in [0, 0.1) is 22.5 Å². The maximum Gasteiger partial charge on any atom is 0.269 e. The Balaban J connectivity index is 2.18. The minimum Gasteiger partial charge on any atom is -0.327 e. The van der Waals surface area contributed by atoms with Crippen LogP contribution in [0.4, 0.5) is 11.4 Å². The maximum absolute atomic E-state index is 12.4. The molecule has 0 heterocycles. The van der Waals surface area contributed by atoms with Crippen LogP contribution in [-0.2, 0) is 4.79 Å². The van der Waals surface area contributed by atoms with Gasteiger partial charge in [-0.05, 0) is 38.3 Å². The van der Waals surface area contributed by atoms with E-state index in [4.69, 9.17) is 5.73 Å². The average molecular weight is 277 g/mol. The van der Waals surface area contributed by atoms with Crippen molar-refractivity contribution in [3.63, 3.8) is 0 Å². The molecule has 0 bridgehead atoms. The van der Waals surface area contributed by atoms with E-state index in [1.807, 2.05) is 6.92 Å². The second kappa shape index (κ2) is 5.20. The van der Waals surface area contributed by atoms with Gasteiger partial charge in [-0.25, -0.2) is 0 Å². The predicted octanol–water partition coefficient (Wildman–Crippen LogP) is 2.36. The fourth-order valence-electron chi connectivity index (χ4n) is 2.64. The Morgan fingerprint density at radius 1 is 1.55 bits per heavy atom. The lowest BCUT2D eigenvalue weighted by Crippen LogP contribution is -2.44. The Kier molecular flexibility index (Phi) is 3.76. The van der Waals surface area contributed by atoms with Crippen LogP contribution in [0.3, 0.4) is 0 Å². The molecule has 2 rings (SSSR count). The van der Waals surface area contributed by atoms with E-state index < -0.39 is 10.3 Å². The van der Waals surface area contributed by atoms with Crippen molar-refractivity contribution in [2.24, 2.45) is 11.1 Å². The number of nitro groups is 1. The molecule has 0 radical (unpaired) electrons. The number of hydrogen-bond acceptors (Lipinski definition) is 4. The van der Waals surface area contributed by atoms with E-state index in [0.29, 0.717) is 11.3 Å². The summed E-state index contributed by atoms with van der Waals surface area (Å²) in [7, 11) is 0. The smallest absolute Gasteiger partial charge is 0.269 e. The van der Waals surface area contributed by atoms with Crippen LogP contribution in [-0.4, -0.2) is 16.9 Å². The summed E-state index contributed by atoms with van der Waals surface area (Å²) in [5.74, 6) is -0.112. The third kappa shape index (κ3) is 2.51.